The van der Waals surface area contributed by atoms with E-state index < -0.39 is 10.0 Å². The average molecular weight is 257 g/mol. The first-order valence-corrected chi connectivity index (χ1v) is 6.53. The van der Waals surface area contributed by atoms with E-state index in [2.05, 4.69) is 4.98 Å². The van der Waals surface area contributed by atoms with Crippen LogP contribution in [0.5, 0.6) is 0 Å². The second-order valence-electron chi connectivity index (χ2n) is 3.45. The van der Waals surface area contributed by atoms with Gasteiger partial charge in [0.2, 0.25) is 0 Å². The fourth-order valence-electron chi connectivity index (χ4n) is 1.50. The van der Waals surface area contributed by atoms with Gasteiger partial charge in [0.25, 0.3) is 10.0 Å². The fourth-order valence-corrected chi connectivity index (χ4v) is 3.14. The van der Waals surface area contributed by atoms with Crippen molar-refractivity contribution in [2.24, 2.45) is 7.05 Å². The first kappa shape index (κ1) is 13.5. The number of nitriles is 1. The Bertz CT molecular complexity index is 509. The van der Waals surface area contributed by atoms with Gasteiger partial charge in [-0.15, -0.1) is 0 Å². The number of hydrogen-bond donors (Lipinski definition) is 1. The van der Waals surface area contributed by atoms with Gasteiger partial charge in [-0.2, -0.15) is 9.57 Å². The first-order chi connectivity index (χ1) is 7.95. The number of nitrogens with two attached hydrogens (primary N) is 1. The monoisotopic (exact) mass is 257 g/mol. The van der Waals surface area contributed by atoms with E-state index in [4.69, 9.17) is 11.0 Å². The standard InChI is InChI=1S/C9H15N5O2S/c1-3-14(6-4-5-10)17(15,16)9-8(11)12-7-13(9)2/h7H,3-4,6,11H2,1-2H3. The third-order valence-electron chi connectivity index (χ3n) is 2.32. The maximum absolute atomic E-state index is 12.2. The van der Waals surface area contributed by atoms with Crippen molar-refractivity contribution in [1.82, 2.24) is 13.9 Å². The van der Waals surface area contributed by atoms with Crippen LogP contribution in [0.2, 0.25) is 0 Å². The van der Waals surface area contributed by atoms with Crippen LogP contribution in [-0.4, -0.2) is 35.4 Å². The summed E-state index contributed by atoms with van der Waals surface area (Å²) in [4.78, 5) is 3.75. The summed E-state index contributed by atoms with van der Waals surface area (Å²) in [6.07, 6.45) is 1.49. The molecule has 0 aromatic carbocycles. The SMILES string of the molecule is CCN(CCC#N)S(=O)(=O)c1c(N)ncn1C. The molecule has 0 unspecified atom stereocenters. The summed E-state index contributed by atoms with van der Waals surface area (Å²) >= 11 is 0. The van der Waals surface area contributed by atoms with Crippen molar-refractivity contribution in [3.63, 3.8) is 0 Å². The lowest BCUT2D eigenvalue weighted by Gasteiger charge is -2.19. The van der Waals surface area contributed by atoms with Crippen LogP contribution in [-0.2, 0) is 17.1 Å². The van der Waals surface area contributed by atoms with Crippen LogP contribution >= 0.6 is 0 Å². The highest BCUT2D eigenvalue weighted by atomic mass is 32.2. The number of nitrogens with zero attached hydrogens (tertiary/aromatic N) is 4. The molecule has 0 saturated heterocycles. The van der Waals surface area contributed by atoms with Crippen LogP contribution in [0.4, 0.5) is 5.82 Å². The van der Waals surface area contributed by atoms with Gasteiger partial charge < -0.3 is 10.3 Å². The molecule has 7 nitrogen and oxygen atoms in total. The van der Waals surface area contributed by atoms with Gasteiger partial charge in [0, 0.05) is 26.6 Å². The number of nitrogen functional groups attached to an aromatic ring is 1. The summed E-state index contributed by atoms with van der Waals surface area (Å²) in [5.41, 5.74) is 5.55. The van der Waals surface area contributed by atoms with Crippen molar-refractivity contribution < 1.29 is 8.42 Å². The zero-order valence-electron chi connectivity index (χ0n) is 9.79. The minimum atomic E-state index is -3.68. The van der Waals surface area contributed by atoms with Crippen molar-refractivity contribution in [2.45, 2.75) is 18.4 Å². The maximum Gasteiger partial charge on any atom is 0.262 e. The van der Waals surface area contributed by atoms with Gasteiger partial charge in [0.05, 0.1) is 12.4 Å². The third-order valence-corrected chi connectivity index (χ3v) is 4.43. The van der Waals surface area contributed by atoms with Crippen LogP contribution in [0.25, 0.3) is 0 Å². The molecule has 1 aromatic heterocycles. The zero-order chi connectivity index (χ0) is 13.1. The molecule has 0 spiro atoms. The van der Waals surface area contributed by atoms with Crippen molar-refractivity contribution in [3.05, 3.63) is 6.33 Å². The molecule has 0 fully saturated rings. The van der Waals surface area contributed by atoms with Gasteiger partial charge in [-0.25, -0.2) is 13.4 Å². The van der Waals surface area contributed by atoms with Crippen LogP contribution < -0.4 is 5.73 Å². The summed E-state index contributed by atoms with van der Waals surface area (Å²) in [5, 5.41) is 8.47. The number of hydrogen-bond acceptors (Lipinski definition) is 5. The molecular weight excluding hydrogens is 242 g/mol. The molecule has 0 radical (unpaired) electrons. The summed E-state index contributed by atoms with van der Waals surface area (Å²) in [5.74, 6) is -0.0251. The Morgan fingerprint density at radius 1 is 1.65 bits per heavy atom. The first-order valence-electron chi connectivity index (χ1n) is 5.09. The number of sulfonamides is 1. The summed E-state index contributed by atoms with van der Waals surface area (Å²) in [6, 6.07) is 1.92. The Labute approximate surface area is 101 Å². The van der Waals surface area contributed by atoms with Crippen molar-refractivity contribution in [1.29, 1.82) is 5.26 Å². The molecule has 0 aliphatic heterocycles. The minimum absolute atomic E-state index is 0.0251. The van der Waals surface area contributed by atoms with E-state index >= 15 is 0 Å². The Balaban J connectivity index is 3.14. The molecule has 0 aliphatic rings. The lowest BCUT2D eigenvalue weighted by Crippen LogP contribution is -2.33. The zero-order valence-corrected chi connectivity index (χ0v) is 10.6. The number of imidazole rings is 1. The molecule has 1 heterocycles. The quantitative estimate of drug-likeness (QED) is 0.794. The van der Waals surface area contributed by atoms with Gasteiger partial charge >= 0.3 is 0 Å². The Morgan fingerprint density at radius 3 is 2.71 bits per heavy atom. The van der Waals surface area contributed by atoms with Crippen molar-refractivity contribution >= 4 is 15.8 Å². The molecule has 2 N–H and O–H groups in total. The number of aryl methyl sites for hydroxylation is 1. The van der Waals surface area contributed by atoms with Crippen molar-refractivity contribution in [3.8, 4) is 6.07 Å². The van der Waals surface area contributed by atoms with Crippen LogP contribution in [0, 0.1) is 11.3 Å². The fraction of sp³-hybridized carbons (Fsp3) is 0.556. The molecule has 0 bridgehead atoms. The van der Waals surface area contributed by atoms with Gasteiger partial charge in [0.1, 0.15) is 0 Å². The molecule has 94 valence electrons. The molecule has 1 rings (SSSR count). The molecule has 0 aliphatic carbocycles. The predicted octanol–water partition coefficient (Wildman–Crippen LogP) is -0.0734. The molecular formula is C9H15N5O2S. The Morgan fingerprint density at radius 2 is 2.29 bits per heavy atom. The Hall–Kier alpha value is -1.59. The molecule has 17 heavy (non-hydrogen) atoms. The predicted molar refractivity (Wildman–Crippen MR) is 62.3 cm³/mol. The van der Waals surface area contributed by atoms with Crippen LogP contribution in [0.3, 0.4) is 0 Å². The van der Waals surface area contributed by atoms with Gasteiger partial charge in [-0.3, -0.25) is 0 Å². The number of anilines is 1. The van der Waals surface area contributed by atoms with E-state index in [0.29, 0.717) is 0 Å². The Kier molecular flexibility index (Phi) is 4.09. The lowest BCUT2D eigenvalue weighted by molar-refractivity contribution is 0.430. The summed E-state index contributed by atoms with van der Waals surface area (Å²) in [6.45, 7) is 2.15. The highest BCUT2D eigenvalue weighted by Crippen LogP contribution is 2.20. The van der Waals surface area contributed by atoms with Gasteiger partial charge in [-0.05, 0) is 0 Å². The second-order valence-corrected chi connectivity index (χ2v) is 5.30. The lowest BCUT2D eigenvalue weighted by atomic mass is 10.5. The minimum Gasteiger partial charge on any atom is -0.381 e. The van der Waals surface area contributed by atoms with Crippen LogP contribution in [0.1, 0.15) is 13.3 Å². The van der Waals surface area contributed by atoms with E-state index in [-0.39, 0.29) is 30.4 Å². The maximum atomic E-state index is 12.2. The molecule has 0 amide bonds. The van der Waals surface area contributed by atoms with E-state index in [1.807, 2.05) is 6.07 Å². The van der Waals surface area contributed by atoms with Crippen LogP contribution in [0.15, 0.2) is 11.4 Å². The molecule has 0 saturated carbocycles. The highest BCUT2D eigenvalue weighted by Gasteiger charge is 2.28. The highest BCUT2D eigenvalue weighted by molar-refractivity contribution is 7.89. The summed E-state index contributed by atoms with van der Waals surface area (Å²) < 4.78 is 27.1. The van der Waals surface area contributed by atoms with E-state index in [0.717, 1.165) is 0 Å². The largest absolute Gasteiger partial charge is 0.381 e. The smallest absolute Gasteiger partial charge is 0.262 e. The second kappa shape index (κ2) is 5.16. The summed E-state index contributed by atoms with van der Waals surface area (Å²) in [7, 11) is -2.12. The van der Waals surface area contributed by atoms with E-state index in [9.17, 15) is 8.42 Å². The van der Waals surface area contributed by atoms with Crippen molar-refractivity contribution in [2.75, 3.05) is 18.8 Å². The van der Waals surface area contributed by atoms with Gasteiger partial charge in [-0.1, -0.05) is 6.92 Å². The normalized spacial score (nSPS) is 11.6. The third kappa shape index (κ3) is 2.57. The van der Waals surface area contributed by atoms with Gasteiger partial charge in [0.15, 0.2) is 10.8 Å². The van der Waals surface area contributed by atoms with E-state index in [1.54, 1.807) is 14.0 Å². The average Bonchev–Trinajstić information content (AvgIpc) is 2.59. The topological polar surface area (TPSA) is 105 Å². The van der Waals surface area contributed by atoms with E-state index in [1.165, 1.54) is 15.2 Å². The molecule has 1 aromatic rings. The number of aromatic nitrogens is 2. The molecule has 8 heteroatoms. The number of rotatable bonds is 5. The molecule has 0 atom stereocenters.